The lowest BCUT2D eigenvalue weighted by Crippen LogP contribution is -3.27. The van der Waals surface area contributed by atoms with Crippen molar-refractivity contribution in [1.29, 1.82) is 0 Å². The molecule has 5 rings (SSSR count). The van der Waals surface area contributed by atoms with E-state index in [9.17, 15) is 4.79 Å². The molecule has 0 aliphatic carbocycles. The SMILES string of the molecule is COc1ccc2c(C[NH+]3CC[NH+](Cc4ccc5c(c4)OCO5)CC3)cc(=O)oc2c1. The van der Waals surface area contributed by atoms with Crippen LogP contribution in [0.2, 0.25) is 0 Å². The molecule has 0 amide bonds. The molecule has 0 unspecified atom stereocenters. The van der Waals surface area contributed by atoms with Gasteiger partial charge in [0, 0.05) is 28.6 Å². The molecule has 1 saturated heterocycles. The number of nitrogens with one attached hydrogen (secondary N) is 2. The molecule has 0 radical (unpaired) electrons. The Morgan fingerprint density at radius 3 is 2.47 bits per heavy atom. The molecule has 7 nitrogen and oxygen atoms in total. The van der Waals surface area contributed by atoms with Crippen molar-refractivity contribution in [2.75, 3.05) is 40.1 Å². The van der Waals surface area contributed by atoms with Crippen LogP contribution in [0.15, 0.2) is 51.7 Å². The van der Waals surface area contributed by atoms with E-state index >= 15 is 0 Å². The summed E-state index contributed by atoms with van der Waals surface area (Å²) in [6.07, 6.45) is 0. The van der Waals surface area contributed by atoms with E-state index in [2.05, 4.69) is 12.1 Å². The summed E-state index contributed by atoms with van der Waals surface area (Å²) in [5, 5.41) is 0.984. The van der Waals surface area contributed by atoms with Gasteiger partial charge in [-0.05, 0) is 30.3 Å². The maximum atomic E-state index is 12.0. The summed E-state index contributed by atoms with van der Waals surface area (Å²) in [5.74, 6) is 2.37. The first-order valence-electron chi connectivity index (χ1n) is 10.3. The van der Waals surface area contributed by atoms with Gasteiger partial charge in [0.25, 0.3) is 0 Å². The van der Waals surface area contributed by atoms with Crippen LogP contribution >= 0.6 is 0 Å². The van der Waals surface area contributed by atoms with Crippen molar-refractivity contribution in [2.24, 2.45) is 0 Å². The van der Waals surface area contributed by atoms with E-state index in [1.54, 1.807) is 24.1 Å². The van der Waals surface area contributed by atoms with Gasteiger partial charge in [-0.25, -0.2) is 4.79 Å². The maximum Gasteiger partial charge on any atom is 0.336 e. The molecular weight excluding hydrogens is 384 g/mol. The van der Waals surface area contributed by atoms with Crippen LogP contribution in [-0.2, 0) is 13.1 Å². The lowest BCUT2D eigenvalue weighted by molar-refractivity contribution is -1.02. The molecule has 0 bridgehead atoms. The summed E-state index contributed by atoms with van der Waals surface area (Å²) < 4.78 is 21.5. The summed E-state index contributed by atoms with van der Waals surface area (Å²) in [4.78, 5) is 15.1. The van der Waals surface area contributed by atoms with Gasteiger partial charge in [0.2, 0.25) is 6.79 Å². The van der Waals surface area contributed by atoms with Crippen LogP contribution in [0.25, 0.3) is 11.0 Å². The van der Waals surface area contributed by atoms with Gasteiger partial charge in [-0.1, -0.05) is 0 Å². The highest BCUT2D eigenvalue weighted by molar-refractivity contribution is 5.81. The number of hydrogen-bond donors (Lipinski definition) is 2. The number of benzene rings is 2. The van der Waals surface area contributed by atoms with Crippen molar-refractivity contribution in [2.45, 2.75) is 13.1 Å². The van der Waals surface area contributed by atoms with Crippen LogP contribution in [0.5, 0.6) is 17.2 Å². The number of quaternary nitrogens is 2. The molecule has 30 heavy (non-hydrogen) atoms. The Morgan fingerprint density at radius 2 is 1.67 bits per heavy atom. The summed E-state index contributed by atoms with van der Waals surface area (Å²) >= 11 is 0. The third-order valence-corrected chi connectivity index (χ3v) is 6.03. The highest BCUT2D eigenvalue weighted by Gasteiger charge is 2.25. The van der Waals surface area contributed by atoms with Gasteiger partial charge < -0.3 is 28.4 Å². The van der Waals surface area contributed by atoms with E-state index in [0.717, 1.165) is 61.7 Å². The largest absolute Gasteiger partial charge is 0.497 e. The third kappa shape index (κ3) is 3.86. The minimum Gasteiger partial charge on any atom is -0.497 e. The highest BCUT2D eigenvalue weighted by Crippen LogP contribution is 2.32. The Labute approximate surface area is 174 Å². The fraction of sp³-hybridized carbons (Fsp3) is 0.348. The first kappa shape index (κ1) is 19.0. The standard InChI is InChI=1S/C23H24N2O5/c1-27-18-3-4-19-17(11-23(26)30-21(19)12-18)14-25-8-6-24(7-9-25)13-16-2-5-20-22(10-16)29-15-28-20/h2-5,10-12H,6-9,13-15H2,1H3/p+2. The van der Waals surface area contributed by atoms with Crippen molar-refractivity contribution in [3.63, 3.8) is 0 Å². The zero-order chi connectivity index (χ0) is 20.5. The number of methoxy groups -OCH3 is 1. The smallest absolute Gasteiger partial charge is 0.336 e. The number of piperazine rings is 1. The molecule has 2 aromatic carbocycles. The normalized spacial score (nSPS) is 20.4. The molecule has 0 atom stereocenters. The van der Waals surface area contributed by atoms with Crippen LogP contribution < -0.4 is 29.6 Å². The molecule has 2 aliphatic rings. The second-order valence-corrected chi connectivity index (χ2v) is 7.99. The van der Waals surface area contributed by atoms with Gasteiger partial charge in [0.1, 0.15) is 50.6 Å². The van der Waals surface area contributed by atoms with Crippen LogP contribution in [0.3, 0.4) is 0 Å². The van der Waals surface area contributed by atoms with Crippen molar-refractivity contribution < 1.29 is 28.4 Å². The summed E-state index contributed by atoms with van der Waals surface area (Å²) in [7, 11) is 1.61. The molecule has 2 N–H and O–H groups in total. The number of hydrogen-bond acceptors (Lipinski definition) is 5. The molecule has 156 valence electrons. The van der Waals surface area contributed by atoms with Crippen LogP contribution in [-0.4, -0.2) is 40.1 Å². The Kier molecular flexibility index (Phi) is 5.06. The molecule has 3 heterocycles. The van der Waals surface area contributed by atoms with Crippen LogP contribution in [0.4, 0.5) is 0 Å². The number of fused-ring (bicyclic) bond motifs is 2. The molecule has 2 aliphatic heterocycles. The predicted molar refractivity (Wildman–Crippen MR) is 110 cm³/mol. The van der Waals surface area contributed by atoms with Gasteiger partial charge in [-0.2, -0.15) is 0 Å². The molecule has 0 spiro atoms. The molecule has 3 aromatic rings. The maximum absolute atomic E-state index is 12.0. The quantitative estimate of drug-likeness (QED) is 0.581. The number of rotatable bonds is 5. The van der Waals surface area contributed by atoms with Crippen molar-refractivity contribution in [3.8, 4) is 17.2 Å². The minimum absolute atomic E-state index is 0.308. The zero-order valence-corrected chi connectivity index (χ0v) is 17.0. The van der Waals surface area contributed by atoms with Crippen molar-refractivity contribution in [3.05, 3.63) is 64.0 Å². The Balaban J connectivity index is 1.24. The van der Waals surface area contributed by atoms with Crippen molar-refractivity contribution >= 4 is 11.0 Å². The topological polar surface area (TPSA) is 66.8 Å². The molecule has 7 heteroatoms. The zero-order valence-electron chi connectivity index (χ0n) is 17.0. The summed E-state index contributed by atoms with van der Waals surface area (Å²) in [6.45, 7) is 6.45. The molecule has 1 aromatic heterocycles. The van der Waals surface area contributed by atoms with E-state index in [-0.39, 0.29) is 5.63 Å². The van der Waals surface area contributed by atoms with Gasteiger partial charge in [0.05, 0.1) is 7.11 Å². The van der Waals surface area contributed by atoms with Gasteiger partial charge >= 0.3 is 5.63 Å². The van der Waals surface area contributed by atoms with Crippen molar-refractivity contribution in [1.82, 2.24) is 0 Å². The third-order valence-electron chi connectivity index (χ3n) is 6.03. The number of ether oxygens (including phenoxy) is 3. The Hall–Kier alpha value is -3.03. The monoisotopic (exact) mass is 410 g/mol. The Bertz CT molecular complexity index is 1120. The van der Waals surface area contributed by atoms with E-state index in [1.165, 1.54) is 10.5 Å². The van der Waals surface area contributed by atoms with Gasteiger partial charge in [-0.3, -0.25) is 0 Å². The summed E-state index contributed by atoms with van der Waals surface area (Å²) in [6, 6.07) is 13.5. The van der Waals surface area contributed by atoms with Gasteiger partial charge in [0.15, 0.2) is 11.5 Å². The Morgan fingerprint density at radius 1 is 0.900 bits per heavy atom. The average Bonchev–Trinajstić information content (AvgIpc) is 3.22. The van der Waals surface area contributed by atoms with Crippen LogP contribution in [0.1, 0.15) is 11.1 Å². The molecular formula is C23H26N2O5+2. The predicted octanol–water partition coefficient (Wildman–Crippen LogP) is 0.0139. The van der Waals surface area contributed by atoms with E-state index in [4.69, 9.17) is 18.6 Å². The average molecular weight is 410 g/mol. The second-order valence-electron chi connectivity index (χ2n) is 7.99. The van der Waals surface area contributed by atoms with E-state index in [1.807, 2.05) is 18.2 Å². The highest BCUT2D eigenvalue weighted by atomic mass is 16.7. The van der Waals surface area contributed by atoms with E-state index in [0.29, 0.717) is 18.1 Å². The fourth-order valence-corrected chi connectivity index (χ4v) is 4.40. The van der Waals surface area contributed by atoms with E-state index < -0.39 is 0 Å². The molecule has 0 saturated carbocycles. The minimum atomic E-state index is -0.308. The lowest BCUT2D eigenvalue weighted by atomic mass is 10.1. The first-order chi connectivity index (χ1) is 14.7. The lowest BCUT2D eigenvalue weighted by Gasteiger charge is -2.30. The second kappa shape index (κ2) is 8.01. The molecule has 1 fully saturated rings. The van der Waals surface area contributed by atoms with Gasteiger partial charge in [-0.15, -0.1) is 0 Å². The van der Waals surface area contributed by atoms with Crippen LogP contribution in [0, 0.1) is 0 Å². The fourth-order valence-electron chi connectivity index (χ4n) is 4.40. The first-order valence-corrected chi connectivity index (χ1v) is 10.3. The summed E-state index contributed by atoms with van der Waals surface area (Å²) in [5.41, 5.74) is 2.59.